The van der Waals surface area contributed by atoms with Crippen LogP contribution in [0.1, 0.15) is 20.8 Å². The Labute approximate surface area is 98.5 Å². The van der Waals surface area contributed by atoms with Gasteiger partial charge in [0.25, 0.3) is 5.69 Å². The fraction of sp³-hybridized carbons (Fsp3) is 0.500. The van der Waals surface area contributed by atoms with Crippen LogP contribution in [0.4, 0.5) is 16.3 Å². The third-order valence-corrected chi connectivity index (χ3v) is 1.83. The van der Waals surface area contributed by atoms with Gasteiger partial charge >= 0.3 is 6.09 Å². The van der Waals surface area contributed by atoms with E-state index in [0.717, 1.165) is 0 Å². The maximum absolute atomic E-state index is 11.4. The van der Waals surface area contributed by atoms with Gasteiger partial charge in [0.1, 0.15) is 11.4 Å². The quantitative estimate of drug-likeness (QED) is 0.635. The Kier molecular flexibility index (Phi) is 3.40. The number of rotatable bonds is 2. The van der Waals surface area contributed by atoms with Gasteiger partial charge in [-0.15, -0.1) is 0 Å². The van der Waals surface area contributed by atoms with Gasteiger partial charge in [0, 0.05) is 7.05 Å². The second kappa shape index (κ2) is 4.44. The van der Waals surface area contributed by atoms with Crippen LogP contribution in [0.15, 0.2) is 12.3 Å². The van der Waals surface area contributed by atoms with Crippen LogP contribution < -0.4 is 5.32 Å². The van der Waals surface area contributed by atoms with Gasteiger partial charge in [0.05, 0.1) is 17.2 Å². The monoisotopic (exact) mass is 241 g/mol. The first kappa shape index (κ1) is 13.0. The summed E-state index contributed by atoms with van der Waals surface area (Å²) in [5.74, 6) is 0.311. The number of carbonyl (C=O) groups is 1. The minimum absolute atomic E-state index is 0.0847. The van der Waals surface area contributed by atoms with Crippen LogP contribution in [-0.4, -0.2) is 21.2 Å². The maximum atomic E-state index is 11.4. The zero-order valence-corrected chi connectivity index (χ0v) is 10.2. The standard InChI is InChI=1S/C10H15N3O4/c1-10(2,3)17-9(14)11-8-5-7(13(15)16)6-12(8)4/h5-6H,1-4H3,(H,11,14). The Morgan fingerprint density at radius 1 is 1.53 bits per heavy atom. The summed E-state index contributed by atoms with van der Waals surface area (Å²) in [7, 11) is 1.60. The van der Waals surface area contributed by atoms with Crippen molar-refractivity contribution in [3.63, 3.8) is 0 Å². The second-order valence-corrected chi connectivity index (χ2v) is 4.58. The molecule has 0 bridgehead atoms. The fourth-order valence-corrected chi connectivity index (χ4v) is 1.18. The molecule has 94 valence electrons. The molecule has 7 heteroatoms. The van der Waals surface area contributed by atoms with Gasteiger partial charge in [-0.2, -0.15) is 0 Å². The first-order valence-electron chi connectivity index (χ1n) is 5.00. The largest absolute Gasteiger partial charge is 0.444 e. The van der Waals surface area contributed by atoms with E-state index in [-0.39, 0.29) is 5.69 Å². The predicted molar refractivity (Wildman–Crippen MR) is 61.9 cm³/mol. The molecular weight excluding hydrogens is 226 g/mol. The molecule has 0 saturated heterocycles. The van der Waals surface area contributed by atoms with E-state index in [1.807, 2.05) is 0 Å². The Bertz CT molecular complexity index is 445. The van der Waals surface area contributed by atoms with Crippen LogP contribution in [-0.2, 0) is 11.8 Å². The number of nitrogens with zero attached hydrogens (tertiary/aromatic N) is 2. The molecule has 1 amide bonds. The third-order valence-electron chi connectivity index (χ3n) is 1.83. The molecule has 0 aliphatic heterocycles. The Balaban J connectivity index is 2.75. The van der Waals surface area contributed by atoms with Gasteiger partial charge in [-0.3, -0.25) is 15.4 Å². The average Bonchev–Trinajstić information content (AvgIpc) is 2.44. The van der Waals surface area contributed by atoms with Crippen molar-refractivity contribution in [1.29, 1.82) is 0 Å². The van der Waals surface area contributed by atoms with Gasteiger partial charge in [0.15, 0.2) is 0 Å². The Morgan fingerprint density at radius 2 is 2.12 bits per heavy atom. The summed E-state index contributed by atoms with van der Waals surface area (Å²) in [4.78, 5) is 21.4. The molecule has 1 rings (SSSR count). The van der Waals surface area contributed by atoms with E-state index in [2.05, 4.69) is 5.32 Å². The number of anilines is 1. The molecule has 1 aromatic heterocycles. The number of ether oxygens (including phenoxy) is 1. The fourth-order valence-electron chi connectivity index (χ4n) is 1.18. The van der Waals surface area contributed by atoms with Crippen molar-refractivity contribution in [1.82, 2.24) is 4.57 Å². The lowest BCUT2D eigenvalue weighted by Gasteiger charge is -2.19. The number of carbonyl (C=O) groups excluding carboxylic acids is 1. The van der Waals surface area contributed by atoms with E-state index in [4.69, 9.17) is 4.74 Å². The van der Waals surface area contributed by atoms with Crippen LogP contribution in [0.25, 0.3) is 0 Å². The van der Waals surface area contributed by atoms with Crippen LogP contribution >= 0.6 is 0 Å². The Morgan fingerprint density at radius 3 is 2.53 bits per heavy atom. The highest BCUT2D eigenvalue weighted by atomic mass is 16.6. The second-order valence-electron chi connectivity index (χ2n) is 4.58. The van der Waals surface area contributed by atoms with Gasteiger partial charge in [-0.1, -0.05) is 0 Å². The molecule has 1 heterocycles. The number of aromatic nitrogens is 1. The third kappa shape index (κ3) is 3.78. The molecule has 0 radical (unpaired) electrons. The number of nitro groups is 1. The predicted octanol–water partition coefficient (Wildman–Crippen LogP) is 2.28. The van der Waals surface area contributed by atoms with E-state index in [9.17, 15) is 14.9 Å². The number of aryl methyl sites for hydroxylation is 1. The van der Waals surface area contributed by atoms with E-state index in [1.54, 1.807) is 27.8 Å². The smallest absolute Gasteiger partial charge is 0.413 e. The number of hydrogen-bond donors (Lipinski definition) is 1. The van der Waals surface area contributed by atoms with Crippen molar-refractivity contribution in [2.75, 3.05) is 5.32 Å². The summed E-state index contributed by atoms with van der Waals surface area (Å²) in [6.45, 7) is 5.21. The van der Waals surface area contributed by atoms with E-state index < -0.39 is 16.6 Å². The highest BCUT2D eigenvalue weighted by Gasteiger charge is 2.19. The molecule has 0 aromatic carbocycles. The SMILES string of the molecule is Cn1cc([N+](=O)[O-])cc1NC(=O)OC(C)(C)C. The van der Waals surface area contributed by atoms with E-state index in [0.29, 0.717) is 5.82 Å². The van der Waals surface area contributed by atoms with Gasteiger partial charge < -0.3 is 9.30 Å². The summed E-state index contributed by atoms with van der Waals surface area (Å²) in [5, 5.41) is 13.0. The summed E-state index contributed by atoms with van der Waals surface area (Å²) in [5.41, 5.74) is -0.695. The molecule has 0 unspecified atom stereocenters. The van der Waals surface area contributed by atoms with Crippen LogP contribution in [0.2, 0.25) is 0 Å². The zero-order valence-electron chi connectivity index (χ0n) is 10.2. The molecular formula is C10H15N3O4. The first-order chi connectivity index (χ1) is 7.69. The molecule has 7 nitrogen and oxygen atoms in total. The van der Waals surface area contributed by atoms with Crippen molar-refractivity contribution in [3.05, 3.63) is 22.4 Å². The summed E-state index contributed by atoms with van der Waals surface area (Å²) < 4.78 is 6.48. The molecule has 1 N–H and O–H groups in total. The summed E-state index contributed by atoms with van der Waals surface area (Å²) in [6, 6.07) is 1.27. The molecule has 0 aliphatic carbocycles. The minimum Gasteiger partial charge on any atom is -0.444 e. The molecule has 0 saturated carbocycles. The zero-order chi connectivity index (χ0) is 13.2. The molecule has 0 atom stereocenters. The lowest BCUT2D eigenvalue weighted by molar-refractivity contribution is -0.384. The number of nitrogens with one attached hydrogen (secondary N) is 1. The van der Waals surface area contributed by atoms with Crippen molar-refractivity contribution in [2.24, 2.45) is 7.05 Å². The average molecular weight is 241 g/mol. The van der Waals surface area contributed by atoms with Crippen LogP contribution in [0.3, 0.4) is 0 Å². The highest BCUT2D eigenvalue weighted by molar-refractivity contribution is 5.84. The minimum atomic E-state index is -0.645. The molecule has 1 aromatic rings. The molecule has 0 fully saturated rings. The number of hydrogen-bond acceptors (Lipinski definition) is 4. The van der Waals surface area contributed by atoms with Crippen molar-refractivity contribution in [3.8, 4) is 0 Å². The number of amides is 1. The lowest BCUT2D eigenvalue weighted by Crippen LogP contribution is -2.27. The van der Waals surface area contributed by atoms with Crippen molar-refractivity contribution in [2.45, 2.75) is 26.4 Å². The maximum Gasteiger partial charge on any atom is 0.413 e. The topological polar surface area (TPSA) is 86.4 Å². The first-order valence-corrected chi connectivity index (χ1v) is 5.00. The Hall–Kier alpha value is -2.05. The highest BCUT2D eigenvalue weighted by Crippen LogP contribution is 2.20. The van der Waals surface area contributed by atoms with Crippen molar-refractivity contribution < 1.29 is 14.5 Å². The summed E-state index contributed by atoms with van der Waals surface area (Å²) in [6.07, 6.45) is 0.667. The van der Waals surface area contributed by atoms with Gasteiger partial charge in [-0.25, -0.2) is 4.79 Å². The summed E-state index contributed by atoms with van der Waals surface area (Å²) >= 11 is 0. The molecule has 0 spiro atoms. The molecule has 17 heavy (non-hydrogen) atoms. The van der Waals surface area contributed by atoms with E-state index >= 15 is 0 Å². The lowest BCUT2D eigenvalue weighted by atomic mass is 10.2. The van der Waals surface area contributed by atoms with Crippen LogP contribution in [0.5, 0.6) is 0 Å². The van der Waals surface area contributed by atoms with Gasteiger partial charge in [0.2, 0.25) is 0 Å². The van der Waals surface area contributed by atoms with Gasteiger partial charge in [-0.05, 0) is 20.8 Å². The normalized spacial score (nSPS) is 11.1. The molecule has 0 aliphatic rings. The van der Waals surface area contributed by atoms with E-state index in [1.165, 1.54) is 16.8 Å². The van der Waals surface area contributed by atoms with Crippen LogP contribution in [0, 0.1) is 10.1 Å². The van der Waals surface area contributed by atoms with Crippen molar-refractivity contribution >= 4 is 17.6 Å².